The summed E-state index contributed by atoms with van der Waals surface area (Å²) in [5, 5.41) is 7.15. The number of rotatable bonds is 16. The zero-order chi connectivity index (χ0) is 40.3. The van der Waals surface area contributed by atoms with Gasteiger partial charge in [0.05, 0.1) is 0 Å². The summed E-state index contributed by atoms with van der Waals surface area (Å²) in [5.74, 6) is -0.0522. The molecular formula is C46H58N8O4. The van der Waals surface area contributed by atoms with Crippen molar-refractivity contribution in [3.8, 4) is 0 Å². The highest BCUT2D eigenvalue weighted by atomic mass is 16.2. The van der Waals surface area contributed by atoms with Crippen LogP contribution in [0.15, 0.2) is 60.7 Å². The highest BCUT2D eigenvalue weighted by molar-refractivity contribution is 6.26. The first-order chi connectivity index (χ1) is 28.2. The van der Waals surface area contributed by atoms with Crippen molar-refractivity contribution in [2.75, 3.05) is 122 Å². The van der Waals surface area contributed by atoms with Gasteiger partial charge in [0.25, 0.3) is 17.7 Å². The zero-order valence-electron chi connectivity index (χ0n) is 34.4. The number of nitrogens with one attached hydrogen (secondary N) is 1. The molecule has 12 nitrogen and oxygen atoms in total. The summed E-state index contributed by atoms with van der Waals surface area (Å²) in [6, 6.07) is 19.9. The number of hydrogen-bond acceptors (Lipinski definition) is 10. The summed E-state index contributed by atoms with van der Waals surface area (Å²) in [7, 11) is 4.28. The third-order valence-corrected chi connectivity index (χ3v) is 12.7. The molecule has 0 aromatic heterocycles. The number of piperazine rings is 2. The van der Waals surface area contributed by atoms with Crippen LogP contribution in [0.5, 0.6) is 0 Å². The van der Waals surface area contributed by atoms with Gasteiger partial charge < -0.3 is 29.8 Å². The number of aryl methyl sites for hydroxylation is 1. The van der Waals surface area contributed by atoms with Crippen LogP contribution in [0, 0.1) is 12.8 Å². The molecule has 4 amide bonds. The van der Waals surface area contributed by atoms with Gasteiger partial charge in [-0.3, -0.25) is 29.0 Å². The lowest BCUT2D eigenvalue weighted by atomic mass is 9.92. The van der Waals surface area contributed by atoms with Crippen LogP contribution in [0.2, 0.25) is 0 Å². The van der Waals surface area contributed by atoms with Crippen LogP contribution in [0.1, 0.15) is 55.9 Å². The van der Waals surface area contributed by atoms with E-state index < -0.39 is 0 Å². The van der Waals surface area contributed by atoms with Crippen LogP contribution in [-0.2, 0) is 4.79 Å². The number of anilines is 2. The van der Waals surface area contributed by atoms with Gasteiger partial charge in [-0.1, -0.05) is 30.3 Å². The molecule has 1 N–H and O–H groups in total. The second-order valence-corrected chi connectivity index (χ2v) is 16.8. The van der Waals surface area contributed by atoms with Crippen LogP contribution in [0.3, 0.4) is 0 Å². The van der Waals surface area contributed by atoms with Gasteiger partial charge in [0.2, 0.25) is 6.41 Å². The Kier molecular flexibility index (Phi) is 12.1. The fourth-order valence-electron chi connectivity index (χ4n) is 9.04. The first kappa shape index (κ1) is 39.9. The maximum Gasteiger partial charge on any atom is 0.261 e. The van der Waals surface area contributed by atoms with Crippen LogP contribution in [-0.4, -0.2) is 161 Å². The highest BCUT2D eigenvalue weighted by Crippen LogP contribution is 2.37. The van der Waals surface area contributed by atoms with Gasteiger partial charge >= 0.3 is 0 Å². The van der Waals surface area contributed by atoms with Crippen molar-refractivity contribution < 1.29 is 19.2 Å². The number of hydrogen-bond donors (Lipinski definition) is 1. The summed E-state index contributed by atoms with van der Waals surface area (Å²) < 4.78 is 0. The molecule has 4 aromatic rings. The van der Waals surface area contributed by atoms with Crippen molar-refractivity contribution in [2.45, 2.75) is 26.2 Å². The van der Waals surface area contributed by atoms with Crippen LogP contribution >= 0.6 is 0 Å². The van der Waals surface area contributed by atoms with Crippen LogP contribution in [0.4, 0.5) is 11.4 Å². The Bertz CT molecular complexity index is 2150. The first-order valence-electron chi connectivity index (χ1n) is 21.2. The number of imide groups is 2. The quantitative estimate of drug-likeness (QED) is 0.100. The molecule has 58 heavy (non-hydrogen) atoms. The third kappa shape index (κ3) is 8.34. The van der Waals surface area contributed by atoms with E-state index >= 15 is 0 Å². The van der Waals surface area contributed by atoms with Gasteiger partial charge in [0.15, 0.2) is 0 Å². The molecule has 2 saturated heterocycles. The molecule has 0 bridgehead atoms. The number of amides is 4. The van der Waals surface area contributed by atoms with Crippen molar-refractivity contribution in [1.29, 1.82) is 0 Å². The van der Waals surface area contributed by atoms with Gasteiger partial charge in [-0.25, -0.2) is 0 Å². The number of likely N-dealkylation sites (N-methyl/N-ethyl adjacent to an activating group) is 2. The Morgan fingerprint density at radius 3 is 1.97 bits per heavy atom. The molecule has 12 heteroatoms. The normalized spacial score (nSPS) is 17.9. The van der Waals surface area contributed by atoms with E-state index in [-0.39, 0.29) is 24.3 Å². The average molecular weight is 787 g/mol. The molecule has 4 aromatic carbocycles. The van der Waals surface area contributed by atoms with Crippen molar-refractivity contribution in [1.82, 2.24) is 29.8 Å². The fraction of sp³-hybridized carbons (Fsp3) is 0.478. The molecule has 3 aliphatic heterocycles. The SMILES string of the molecule is Cc1cccc2c(N3CCN(C)CC3)ccc(C(=O)N(C=O)CCNCCCN(CCN3C(=O)c4cccc5c(N6CCN(C)CC6)ccc(c45)C3=O)CC3CC3)c12. The predicted octanol–water partition coefficient (Wildman–Crippen LogP) is 4.39. The molecule has 3 heterocycles. The van der Waals surface area contributed by atoms with Crippen molar-refractivity contribution in [3.05, 3.63) is 82.9 Å². The number of benzene rings is 4. The van der Waals surface area contributed by atoms with Crippen molar-refractivity contribution in [3.63, 3.8) is 0 Å². The van der Waals surface area contributed by atoms with Gasteiger partial charge in [-0.05, 0) is 101 Å². The molecule has 8 rings (SSSR count). The Morgan fingerprint density at radius 2 is 1.33 bits per heavy atom. The first-order valence-corrected chi connectivity index (χ1v) is 21.2. The van der Waals surface area contributed by atoms with E-state index in [4.69, 9.17) is 0 Å². The number of carbonyl (C=O) groups excluding carboxylic acids is 4. The fourth-order valence-corrected chi connectivity index (χ4v) is 9.04. The molecule has 0 unspecified atom stereocenters. The molecule has 306 valence electrons. The number of fused-ring (bicyclic) bond motifs is 1. The Hall–Kier alpha value is -4.88. The second-order valence-electron chi connectivity index (χ2n) is 16.8. The number of nitrogens with zero attached hydrogens (tertiary/aromatic N) is 7. The second kappa shape index (κ2) is 17.5. The van der Waals surface area contributed by atoms with Crippen LogP contribution in [0.25, 0.3) is 21.5 Å². The monoisotopic (exact) mass is 786 g/mol. The molecule has 0 spiro atoms. The maximum atomic E-state index is 13.9. The van der Waals surface area contributed by atoms with E-state index in [1.807, 2.05) is 55.5 Å². The minimum absolute atomic E-state index is 0.213. The minimum Gasteiger partial charge on any atom is -0.368 e. The van der Waals surface area contributed by atoms with E-state index in [2.05, 4.69) is 56.0 Å². The largest absolute Gasteiger partial charge is 0.368 e. The smallest absolute Gasteiger partial charge is 0.261 e. The summed E-state index contributed by atoms with van der Waals surface area (Å²) in [6.07, 6.45) is 3.93. The summed E-state index contributed by atoms with van der Waals surface area (Å²) in [6.45, 7) is 13.9. The van der Waals surface area contributed by atoms with Crippen molar-refractivity contribution in [2.24, 2.45) is 5.92 Å². The van der Waals surface area contributed by atoms with Gasteiger partial charge in [0.1, 0.15) is 0 Å². The Labute approximate surface area is 342 Å². The molecule has 1 saturated carbocycles. The highest BCUT2D eigenvalue weighted by Gasteiger charge is 2.35. The molecule has 0 radical (unpaired) electrons. The van der Waals surface area contributed by atoms with E-state index in [9.17, 15) is 19.2 Å². The van der Waals surface area contributed by atoms with E-state index in [1.54, 1.807) is 0 Å². The van der Waals surface area contributed by atoms with Gasteiger partial charge in [0, 0.05) is 129 Å². The van der Waals surface area contributed by atoms with Gasteiger partial charge in [-0.2, -0.15) is 0 Å². The topological polar surface area (TPSA) is 103 Å². The molecule has 1 aliphatic carbocycles. The minimum atomic E-state index is -0.284. The van der Waals surface area contributed by atoms with E-state index in [1.165, 1.54) is 22.6 Å². The maximum absolute atomic E-state index is 13.9. The summed E-state index contributed by atoms with van der Waals surface area (Å²) in [5.41, 5.74) is 5.00. The molecular weight excluding hydrogens is 729 g/mol. The predicted molar refractivity (Wildman–Crippen MR) is 231 cm³/mol. The van der Waals surface area contributed by atoms with Crippen LogP contribution < -0.4 is 15.1 Å². The average Bonchev–Trinajstić information content (AvgIpc) is 4.06. The lowest BCUT2D eigenvalue weighted by Gasteiger charge is -2.36. The number of carbonyl (C=O) groups is 4. The third-order valence-electron chi connectivity index (χ3n) is 12.7. The van der Waals surface area contributed by atoms with Gasteiger partial charge in [-0.15, -0.1) is 0 Å². The standard InChI is InChI=1S/C46H58N8O4/c1-33-7-4-8-35-40(51-26-21-48(2)22-27-51)15-13-38(42(33)35)44(56)53(32-55)20-18-47-17-6-19-50(31-34-11-12-34)25-30-54-45(57)37-10-5-9-36-41(52-28-23-49(3)24-29-52)16-14-39(43(36)37)46(54)58/h4-5,7-10,13-16,32,34,47H,6,11-12,17-31H2,1-3H3. The lowest BCUT2D eigenvalue weighted by molar-refractivity contribution is -0.115. The summed E-state index contributed by atoms with van der Waals surface area (Å²) in [4.78, 5) is 68.4. The molecule has 3 fully saturated rings. The Balaban J connectivity index is 0.850. The Morgan fingerprint density at radius 1 is 0.724 bits per heavy atom. The van der Waals surface area contributed by atoms with Crippen molar-refractivity contribution >= 4 is 57.1 Å². The van der Waals surface area contributed by atoms with E-state index in [0.29, 0.717) is 48.7 Å². The molecule has 0 atom stereocenters. The summed E-state index contributed by atoms with van der Waals surface area (Å²) >= 11 is 0. The van der Waals surface area contributed by atoms with E-state index in [0.717, 1.165) is 117 Å². The zero-order valence-corrected chi connectivity index (χ0v) is 34.4. The molecule has 4 aliphatic rings. The lowest BCUT2D eigenvalue weighted by Crippen LogP contribution is -2.46.